The maximum atomic E-state index is 14.8. The molecule has 0 amide bonds. The highest BCUT2D eigenvalue weighted by molar-refractivity contribution is 5.71. The average molecular weight is 519 g/mol. The summed E-state index contributed by atoms with van der Waals surface area (Å²) in [5, 5.41) is 9.58. The van der Waals surface area contributed by atoms with Gasteiger partial charge in [0, 0.05) is 5.56 Å². The Morgan fingerprint density at radius 1 is 0.974 bits per heavy atom. The van der Waals surface area contributed by atoms with E-state index in [9.17, 15) is 14.3 Å². The normalized spacial score (nSPS) is 15.2. The Kier molecular flexibility index (Phi) is 8.76. The van der Waals surface area contributed by atoms with Gasteiger partial charge >= 0.3 is 5.97 Å². The molecule has 1 atom stereocenters. The number of halogens is 1. The van der Waals surface area contributed by atoms with Crippen LogP contribution in [-0.2, 0) is 16.8 Å². The van der Waals surface area contributed by atoms with Crippen LogP contribution in [0.1, 0.15) is 81.9 Å². The van der Waals surface area contributed by atoms with Crippen molar-refractivity contribution in [2.45, 2.75) is 77.2 Å². The van der Waals surface area contributed by atoms with E-state index in [4.69, 9.17) is 9.47 Å². The van der Waals surface area contributed by atoms with E-state index < -0.39 is 5.97 Å². The van der Waals surface area contributed by atoms with Crippen LogP contribution in [-0.4, -0.2) is 18.2 Å². The van der Waals surface area contributed by atoms with E-state index in [0.717, 1.165) is 40.8 Å². The summed E-state index contributed by atoms with van der Waals surface area (Å²) in [6.07, 6.45) is 5.88. The molecule has 1 fully saturated rings. The van der Waals surface area contributed by atoms with Crippen LogP contribution in [0.4, 0.5) is 4.39 Å². The molecule has 3 aromatic carbocycles. The van der Waals surface area contributed by atoms with Gasteiger partial charge in [0.25, 0.3) is 0 Å². The molecular weight excluding hydrogens is 479 g/mol. The van der Waals surface area contributed by atoms with Crippen molar-refractivity contribution in [3.63, 3.8) is 0 Å². The molecule has 4 rings (SSSR count). The van der Waals surface area contributed by atoms with Crippen LogP contribution in [0, 0.1) is 11.7 Å². The molecule has 0 aromatic heterocycles. The van der Waals surface area contributed by atoms with Gasteiger partial charge in [0.05, 0.1) is 13.5 Å². The van der Waals surface area contributed by atoms with E-state index in [-0.39, 0.29) is 23.6 Å². The number of hydrogen-bond acceptors (Lipinski definition) is 3. The van der Waals surface area contributed by atoms with Crippen LogP contribution in [0.3, 0.4) is 0 Å². The fourth-order valence-electron chi connectivity index (χ4n) is 5.66. The summed E-state index contributed by atoms with van der Waals surface area (Å²) in [5.74, 6) is 0.701. The lowest BCUT2D eigenvalue weighted by Gasteiger charge is -2.30. The van der Waals surface area contributed by atoms with Crippen molar-refractivity contribution in [1.82, 2.24) is 0 Å². The van der Waals surface area contributed by atoms with Gasteiger partial charge in [0.2, 0.25) is 0 Å². The maximum Gasteiger partial charge on any atom is 0.303 e. The number of benzene rings is 3. The zero-order chi connectivity index (χ0) is 27.3. The predicted octanol–water partition coefficient (Wildman–Crippen LogP) is 8.52. The van der Waals surface area contributed by atoms with Gasteiger partial charge in [-0.1, -0.05) is 70.4 Å². The van der Waals surface area contributed by atoms with Crippen LogP contribution in [0.25, 0.3) is 11.1 Å². The molecule has 1 aliphatic carbocycles. The van der Waals surface area contributed by atoms with Gasteiger partial charge in [-0.3, -0.25) is 4.79 Å². The Balaban J connectivity index is 1.57. The van der Waals surface area contributed by atoms with Gasteiger partial charge in [-0.25, -0.2) is 4.39 Å². The molecule has 5 heteroatoms. The largest absolute Gasteiger partial charge is 0.497 e. The second-order valence-corrected chi connectivity index (χ2v) is 11.4. The second-order valence-electron chi connectivity index (χ2n) is 11.4. The Morgan fingerprint density at radius 2 is 1.74 bits per heavy atom. The molecule has 0 radical (unpaired) electrons. The van der Waals surface area contributed by atoms with Gasteiger partial charge in [-0.15, -0.1) is 0 Å². The van der Waals surface area contributed by atoms with Gasteiger partial charge in [-0.05, 0) is 82.7 Å². The first kappa shape index (κ1) is 27.7. The molecule has 1 N–H and O–H groups in total. The summed E-state index contributed by atoms with van der Waals surface area (Å²) in [6.45, 7) is 6.71. The first-order valence-corrected chi connectivity index (χ1v) is 13.6. The Bertz CT molecular complexity index is 1250. The quantitative estimate of drug-likeness (QED) is 0.308. The highest BCUT2D eigenvalue weighted by Gasteiger charge is 2.27. The number of carboxylic acids is 1. The lowest BCUT2D eigenvalue weighted by atomic mass is 9.75. The summed E-state index contributed by atoms with van der Waals surface area (Å²) in [7, 11) is 1.58. The van der Waals surface area contributed by atoms with Crippen LogP contribution in [0.15, 0.2) is 60.7 Å². The number of methoxy groups -OCH3 is 1. The van der Waals surface area contributed by atoms with Crippen molar-refractivity contribution in [1.29, 1.82) is 0 Å². The van der Waals surface area contributed by atoms with E-state index in [1.54, 1.807) is 19.2 Å². The van der Waals surface area contributed by atoms with Crippen molar-refractivity contribution in [3.8, 4) is 22.6 Å². The highest BCUT2D eigenvalue weighted by atomic mass is 19.1. The Hall–Kier alpha value is -3.34. The third kappa shape index (κ3) is 6.75. The third-order valence-electron chi connectivity index (χ3n) is 7.66. The summed E-state index contributed by atoms with van der Waals surface area (Å²) < 4.78 is 26.4. The minimum atomic E-state index is -0.755. The number of rotatable bonds is 9. The first-order chi connectivity index (χ1) is 18.2. The smallest absolute Gasteiger partial charge is 0.303 e. The lowest BCUT2D eigenvalue weighted by molar-refractivity contribution is -0.137. The summed E-state index contributed by atoms with van der Waals surface area (Å²) in [4.78, 5) is 11.7. The lowest BCUT2D eigenvalue weighted by Crippen LogP contribution is -2.19. The molecule has 0 bridgehead atoms. The molecule has 0 saturated heterocycles. The van der Waals surface area contributed by atoms with Crippen molar-refractivity contribution in [3.05, 3.63) is 83.2 Å². The molecule has 202 valence electrons. The topological polar surface area (TPSA) is 55.8 Å². The molecule has 4 nitrogen and oxygen atoms in total. The van der Waals surface area contributed by atoms with E-state index in [2.05, 4.69) is 26.8 Å². The number of aliphatic carboxylic acids is 1. The molecule has 38 heavy (non-hydrogen) atoms. The van der Waals surface area contributed by atoms with Gasteiger partial charge in [0.15, 0.2) is 0 Å². The van der Waals surface area contributed by atoms with E-state index >= 15 is 0 Å². The van der Waals surface area contributed by atoms with Crippen molar-refractivity contribution in [2.75, 3.05) is 7.11 Å². The minimum absolute atomic E-state index is 0.000821. The molecular formula is C33H39FO4. The number of carbonyl (C=O) groups is 1. The first-order valence-electron chi connectivity index (χ1n) is 13.6. The van der Waals surface area contributed by atoms with Crippen LogP contribution in [0.2, 0.25) is 0 Å². The fraction of sp³-hybridized carbons (Fsp3) is 0.424. The zero-order valence-corrected chi connectivity index (χ0v) is 22.9. The third-order valence-corrected chi connectivity index (χ3v) is 7.66. The van der Waals surface area contributed by atoms with E-state index in [0.29, 0.717) is 23.8 Å². The molecule has 0 heterocycles. The number of ether oxygens (including phenoxy) is 2. The SMILES string of the molecule is COc1ccc(F)c(-c2ccc(COc3cccc([C@@H](CC(=O)O)C4CCCCC4)c3)cc2C(C)(C)C)c1. The van der Waals surface area contributed by atoms with Crippen molar-refractivity contribution >= 4 is 5.97 Å². The summed E-state index contributed by atoms with van der Waals surface area (Å²) >= 11 is 0. The van der Waals surface area contributed by atoms with Gasteiger partial charge in [-0.2, -0.15) is 0 Å². The average Bonchev–Trinajstić information content (AvgIpc) is 2.91. The molecule has 1 aliphatic rings. The number of carboxylic acid groups (broad SMARTS) is 1. The van der Waals surface area contributed by atoms with Crippen molar-refractivity contribution < 1.29 is 23.8 Å². The van der Waals surface area contributed by atoms with Crippen LogP contribution >= 0.6 is 0 Å². The van der Waals surface area contributed by atoms with Crippen LogP contribution < -0.4 is 9.47 Å². The Morgan fingerprint density at radius 3 is 2.42 bits per heavy atom. The van der Waals surface area contributed by atoms with Gasteiger partial charge < -0.3 is 14.6 Å². The monoisotopic (exact) mass is 518 g/mol. The highest BCUT2D eigenvalue weighted by Crippen LogP contribution is 2.40. The maximum absolute atomic E-state index is 14.8. The molecule has 0 spiro atoms. The summed E-state index contributed by atoms with van der Waals surface area (Å²) in [5.41, 5.74) is 4.19. The fourth-order valence-corrected chi connectivity index (χ4v) is 5.66. The van der Waals surface area contributed by atoms with E-state index in [1.165, 1.54) is 25.3 Å². The standard InChI is InChI=1S/C33H39FO4/c1-33(2,3)30-17-22(13-15-27(30)29-19-25(37-4)14-16-31(29)34)21-38-26-12-8-11-24(18-26)28(20-32(35)36)23-9-6-5-7-10-23/h8,11-19,23,28H,5-7,9-10,20-21H2,1-4H3,(H,35,36)/t28-/m0/s1. The number of hydrogen-bond donors (Lipinski definition) is 1. The minimum Gasteiger partial charge on any atom is -0.497 e. The molecule has 0 unspecified atom stereocenters. The van der Waals surface area contributed by atoms with E-state index in [1.807, 2.05) is 36.4 Å². The molecule has 0 aliphatic heterocycles. The van der Waals surface area contributed by atoms with Gasteiger partial charge in [0.1, 0.15) is 23.9 Å². The second kappa shape index (κ2) is 12.0. The van der Waals surface area contributed by atoms with Crippen molar-refractivity contribution in [2.24, 2.45) is 5.92 Å². The molecule has 1 saturated carbocycles. The Labute approximate surface area is 225 Å². The summed E-state index contributed by atoms with van der Waals surface area (Å²) in [6, 6.07) is 18.7. The predicted molar refractivity (Wildman–Crippen MR) is 149 cm³/mol. The zero-order valence-electron chi connectivity index (χ0n) is 22.9. The molecule has 3 aromatic rings. The van der Waals surface area contributed by atoms with Crippen LogP contribution in [0.5, 0.6) is 11.5 Å².